The third-order valence-electron chi connectivity index (χ3n) is 4.91. The fraction of sp³-hybridized carbons (Fsp3) is 0.200. The molecule has 0 aliphatic rings. The van der Waals surface area contributed by atoms with Gasteiger partial charge in [-0.2, -0.15) is 0 Å². The standard InChI is InChI=1S/C25H25NO5S/c1-2-31-25(28)23(32(29,30)22-16-10-5-11-17-22)18-24(27)26(21-14-8-4-9-15-21)19-20-12-6-3-7-13-20/h3-17,23H,2,18-19H2,1H3. The molecule has 0 heterocycles. The summed E-state index contributed by atoms with van der Waals surface area (Å²) in [7, 11) is -4.13. The third kappa shape index (κ3) is 5.62. The van der Waals surface area contributed by atoms with E-state index in [1.807, 2.05) is 36.4 Å². The summed E-state index contributed by atoms with van der Waals surface area (Å²) >= 11 is 0. The molecule has 0 bridgehead atoms. The van der Waals surface area contributed by atoms with Gasteiger partial charge in [-0.1, -0.05) is 66.7 Å². The van der Waals surface area contributed by atoms with Crippen molar-refractivity contribution in [3.05, 3.63) is 96.6 Å². The molecule has 0 spiro atoms. The highest BCUT2D eigenvalue weighted by Crippen LogP contribution is 2.24. The number of rotatable bonds is 9. The fourth-order valence-corrected chi connectivity index (χ4v) is 4.84. The molecule has 0 aromatic heterocycles. The second kappa shape index (κ2) is 10.7. The topological polar surface area (TPSA) is 80.8 Å². The number of anilines is 1. The Labute approximate surface area is 188 Å². The van der Waals surface area contributed by atoms with E-state index in [1.165, 1.54) is 17.0 Å². The fourth-order valence-electron chi connectivity index (χ4n) is 3.30. The highest BCUT2D eigenvalue weighted by atomic mass is 32.2. The highest BCUT2D eigenvalue weighted by Gasteiger charge is 2.38. The summed E-state index contributed by atoms with van der Waals surface area (Å²) in [5.74, 6) is -1.42. The summed E-state index contributed by atoms with van der Waals surface area (Å²) in [5.41, 5.74) is 1.49. The van der Waals surface area contributed by atoms with E-state index in [1.54, 1.807) is 49.4 Å². The molecule has 1 amide bonds. The summed E-state index contributed by atoms with van der Waals surface area (Å²) in [6.45, 7) is 1.85. The molecule has 0 saturated heterocycles. The van der Waals surface area contributed by atoms with Crippen LogP contribution in [0.25, 0.3) is 0 Å². The van der Waals surface area contributed by atoms with Gasteiger partial charge in [0.2, 0.25) is 5.91 Å². The first-order chi connectivity index (χ1) is 15.4. The molecule has 0 aliphatic carbocycles. The number of hydrogen-bond acceptors (Lipinski definition) is 5. The number of hydrogen-bond donors (Lipinski definition) is 0. The lowest BCUT2D eigenvalue weighted by molar-refractivity contribution is -0.143. The number of benzene rings is 3. The smallest absolute Gasteiger partial charge is 0.325 e. The maximum absolute atomic E-state index is 13.4. The molecule has 3 aromatic rings. The van der Waals surface area contributed by atoms with Gasteiger partial charge in [-0.25, -0.2) is 8.42 Å². The van der Waals surface area contributed by atoms with Gasteiger partial charge in [0, 0.05) is 5.69 Å². The Morgan fingerprint density at radius 3 is 1.94 bits per heavy atom. The van der Waals surface area contributed by atoms with E-state index in [4.69, 9.17) is 4.74 Å². The lowest BCUT2D eigenvalue weighted by atomic mass is 10.1. The molecule has 0 saturated carbocycles. The molecule has 0 aliphatic heterocycles. The molecule has 7 heteroatoms. The number of ether oxygens (including phenoxy) is 1. The maximum atomic E-state index is 13.4. The zero-order valence-corrected chi connectivity index (χ0v) is 18.6. The Kier molecular flexibility index (Phi) is 7.78. The second-order valence-corrected chi connectivity index (χ2v) is 9.23. The normalized spacial score (nSPS) is 12.0. The number of carbonyl (C=O) groups excluding carboxylic acids is 2. The van der Waals surface area contributed by atoms with Crippen LogP contribution in [0.5, 0.6) is 0 Å². The van der Waals surface area contributed by atoms with Crippen molar-refractivity contribution in [1.29, 1.82) is 0 Å². The van der Waals surface area contributed by atoms with Crippen LogP contribution in [0.15, 0.2) is 95.9 Å². The van der Waals surface area contributed by atoms with Crippen molar-refractivity contribution in [2.24, 2.45) is 0 Å². The summed E-state index contributed by atoms with van der Waals surface area (Å²) < 4.78 is 31.5. The van der Waals surface area contributed by atoms with E-state index in [0.717, 1.165) is 5.56 Å². The molecular formula is C25H25NO5S. The summed E-state index contributed by atoms with van der Waals surface area (Å²) in [6.07, 6.45) is -0.530. The van der Waals surface area contributed by atoms with Crippen molar-refractivity contribution in [3.63, 3.8) is 0 Å². The molecule has 1 unspecified atom stereocenters. The van der Waals surface area contributed by atoms with Gasteiger partial charge in [0.25, 0.3) is 0 Å². The Balaban J connectivity index is 1.95. The molecule has 0 N–H and O–H groups in total. The predicted molar refractivity (Wildman–Crippen MR) is 123 cm³/mol. The first kappa shape index (κ1) is 23.2. The molecule has 32 heavy (non-hydrogen) atoms. The quantitative estimate of drug-likeness (QED) is 0.459. The van der Waals surface area contributed by atoms with Crippen molar-refractivity contribution in [1.82, 2.24) is 0 Å². The van der Waals surface area contributed by atoms with Crippen LogP contribution in [0.2, 0.25) is 0 Å². The minimum atomic E-state index is -4.13. The van der Waals surface area contributed by atoms with E-state index < -0.39 is 33.4 Å². The number of esters is 1. The van der Waals surface area contributed by atoms with Crippen LogP contribution in [-0.2, 0) is 30.7 Å². The molecule has 1 atom stereocenters. The van der Waals surface area contributed by atoms with Crippen molar-refractivity contribution in [3.8, 4) is 0 Å². The largest absolute Gasteiger partial charge is 0.465 e. The van der Waals surface area contributed by atoms with E-state index in [0.29, 0.717) is 5.69 Å². The first-order valence-corrected chi connectivity index (χ1v) is 11.8. The van der Waals surface area contributed by atoms with Crippen LogP contribution in [0.1, 0.15) is 18.9 Å². The minimum Gasteiger partial charge on any atom is -0.465 e. The zero-order chi connectivity index (χ0) is 23.0. The Hall–Kier alpha value is -3.45. The van der Waals surface area contributed by atoms with Gasteiger partial charge >= 0.3 is 5.97 Å². The lowest BCUT2D eigenvalue weighted by Gasteiger charge is -2.25. The van der Waals surface area contributed by atoms with Gasteiger partial charge < -0.3 is 9.64 Å². The highest BCUT2D eigenvalue weighted by molar-refractivity contribution is 7.92. The second-order valence-electron chi connectivity index (χ2n) is 7.10. The van der Waals surface area contributed by atoms with Crippen molar-refractivity contribution in [2.45, 2.75) is 30.0 Å². The van der Waals surface area contributed by atoms with Gasteiger partial charge in [0.05, 0.1) is 24.5 Å². The van der Waals surface area contributed by atoms with Gasteiger partial charge in [-0.15, -0.1) is 0 Å². The summed E-state index contributed by atoms with van der Waals surface area (Å²) in [4.78, 5) is 27.5. The van der Waals surface area contributed by atoms with Gasteiger partial charge in [0.15, 0.2) is 15.1 Å². The zero-order valence-electron chi connectivity index (χ0n) is 17.8. The average molecular weight is 452 g/mol. The predicted octanol–water partition coefficient (Wildman–Crippen LogP) is 4.02. The van der Waals surface area contributed by atoms with E-state index in [-0.39, 0.29) is 18.0 Å². The third-order valence-corrected chi connectivity index (χ3v) is 6.95. The van der Waals surface area contributed by atoms with Crippen LogP contribution in [0, 0.1) is 0 Å². The van der Waals surface area contributed by atoms with Crippen LogP contribution >= 0.6 is 0 Å². The van der Waals surface area contributed by atoms with Crippen molar-refractivity contribution >= 4 is 27.4 Å². The molecule has 166 valence electrons. The monoisotopic (exact) mass is 451 g/mol. The average Bonchev–Trinajstić information content (AvgIpc) is 2.82. The molecule has 6 nitrogen and oxygen atoms in total. The molecule has 0 radical (unpaired) electrons. The van der Waals surface area contributed by atoms with Crippen LogP contribution in [0.3, 0.4) is 0 Å². The number of nitrogens with zero attached hydrogens (tertiary/aromatic N) is 1. The van der Waals surface area contributed by atoms with Gasteiger partial charge in [-0.05, 0) is 36.8 Å². The van der Waals surface area contributed by atoms with Crippen LogP contribution < -0.4 is 4.90 Å². The molecule has 0 fully saturated rings. The summed E-state index contributed by atoms with van der Waals surface area (Å²) in [6, 6.07) is 26.0. The van der Waals surface area contributed by atoms with Crippen molar-refractivity contribution < 1.29 is 22.7 Å². The molecular weight excluding hydrogens is 426 g/mol. The van der Waals surface area contributed by atoms with E-state index in [2.05, 4.69) is 0 Å². The molecule has 3 aromatic carbocycles. The van der Waals surface area contributed by atoms with Gasteiger partial charge in [-0.3, -0.25) is 9.59 Å². The first-order valence-electron chi connectivity index (χ1n) is 10.3. The number of sulfone groups is 1. The minimum absolute atomic E-state index is 0.0141. The summed E-state index contributed by atoms with van der Waals surface area (Å²) in [5, 5.41) is -1.64. The van der Waals surface area contributed by atoms with Crippen LogP contribution in [-0.4, -0.2) is 32.2 Å². The SMILES string of the molecule is CCOC(=O)C(CC(=O)N(Cc1ccccc1)c1ccccc1)S(=O)(=O)c1ccccc1. The van der Waals surface area contributed by atoms with Crippen molar-refractivity contribution in [2.75, 3.05) is 11.5 Å². The maximum Gasteiger partial charge on any atom is 0.325 e. The number of carbonyl (C=O) groups is 2. The van der Waals surface area contributed by atoms with E-state index >= 15 is 0 Å². The van der Waals surface area contributed by atoms with E-state index in [9.17, 15) is 18.0 Å². The Morgan fingerprint density at radius 1 is 0.844 bits per heavy atom. The molecule has 3 rings (SSSR count). The Bertz CT molecular complexity index is 1130. The van der Waals surface area contributed by atoms with Crippen LogP contribution in [0.4, 0.5) is 5.69 Å². The number of amides is 1. The lowest BCUT2D eigenvalue weighted by Crippen LogP contribution is -2.40. The number of para-hydroxylation sites is 1. The Morgan fingerprint density at radius 2 is 1.38 bits per heavy atom. The van der Waals surface area contributed by atoms with Gasteiger partial charge in [0.1, 0.15) is 0 Å².